The number of aryl methyl sites for hydroxylation is 1. The van der Waals surface area contributed by atoms with Crippen molar-refractivity contribution in [2.75, 3.05) is 33.1 Å². The summed E-state index contributed by atoms with van der Waals surface area (Å²) in [6.45, 7) is 1.98. The van der Waals surface area contributed by atoms with Gasteiger partial charge in [0, 0.05) is 24.4 Å². The highest BCUT2D eigenvalue weighted by atomic mass is 16.5. The van der Waals surface area contributed by atoms with Gasteiger partial charge in [0.2, 0.25) is 11.8 Å². The third-order valence-corrected chi connectivity index (χ3v) is 4.27. The van der Waals surface area contributed by atoms with E-state index in [-0.39, 0.29) is 18.4 Å². The molecule has 0 bridgehead atoms. The number of likely N-dealkylation sites (N-methyl/N-ethyl adjacent to an activating group) is 1. The topological polar surface area (TPSA) is 67.9 Å². The maximum Gasteiger partial charge on any atom is 0.246 e. The minimum atomic E-state index is -0.288. The molecule has 0 aliphatic heterocycles. The van der Waals surface area contributed by atoms with Crippen LogP contribution in [0.3, 0.4) is 0 Å². The second-order valence-electron chi connectivity index (χ2n) is 6.17. The lowest BCUT2D eigenvalue weighted by Gasteiger charge is -2.16. The number of carbonyl (C=O) groups is 2. The predicted octanol–water partition coefficient (Wildman–Crippen LogP) is 3.38. The molecule has 148 valence electrons. The summed E-state index contributed by atoms with van der Waals surface area (Å²) in [5, 5.41) is 2.86. The van der Waals surface area contributed by atoms with E-state index in [1.807, 2.05) is 43.3 Å². The van der Waals surface area contributed by atoms with Crippen molar-refractivity contribution in [3.63, 3.8) is 0 Å². The fraction of sp³-hybridized carbons (Fsp3) is 0.273. The molecule has 2 amide bonds. The molecule has 0 aliphatic carbocycles. The van der Waals surface area contributed by atoms with Crippen molar-refractivity contribution in [1.82, 2.24) is 4.90 Å². The summed E-state index contributed by atoms with van der Waals surface area (Å²) in [5.74, 6) is 0.595. The van der Waals surface area contributed by atoms with Gasteiger partial charge in [0.1, 0.15) is 0 Å². The van der Waals surface area contributed by atoms with Crippen LogP contribution in [0, 0.1) is 0 Å². The predicted molar refractivity (Wildman–Crippen MR) is 111 cm³/mol. The first kappa shape index (κ1) is 21.0. The molecular weight excluding hydrogens is 356 g/mol. The van der Waals surface area contributed by atoms with E-state index >= 15 is 0 Å². The molecule has 0 saturated heterocycles. The molecule has 6 nitrogen and oxygen atoms in total. The van der Waals surface area contributed by atoms with Gasteiger partial charge in [-0.2, -0.15) is 0 Å². The molecule has 0 spiro atoms. The number of nitrogens with zero attached hydrogens (tertiary/aromatic N) is 1. The third kappa shape index (κ3) is 5.36. The second kappa shape index (κ2) is 10.2. The molecular formula is C22H26N2O4. The van der Waals surface area contributed by atoms with Gasteiger partial charge in [-0.15, -0.1) is 0 Å². The number of nitrogens with one attached hydrogen (secondary N) is 1. The average Bonchev–Trinajstić information content (AvgIpc) is 2.71. The Balaban J connectivity index is 2.01. The van der Waals surface area contributed by atoms with Crippen LogP contribution < -0.4 is 14.8 Å². The van der Waals surface area contributed by atoms with Crippen LogP contribution >= 0.6 is 0 Å². The minimum Gasteiger partial charge on any atom is -0.493 e. The quantitative estimate of drug-likeness (QED) is 0.711. The van der Waals surface area contributed by atoms with Crippen LogP contribution in [-0.4, -0.2) is 44.5 Å². The van der Waals surface area contributed by atoms with Crippen LogP contribution in [0.25, 0.3) is 6.08 Å². The molecule has 0 aromatic heterocycles. The Bertz CT molecular complexity index is 861. The van der Waals surface area contributed by atoms with Gasteiger partial charge >= 0.3 is 0 Å². The number of amides is 2. The number of anilines is 1. The van der Waals surface area contributed by atoms with E-state index in [0.29, 0.717) is 17.1 Å². The molecule has 0 saturated carbocycles. The minimum absolute atomic E-state index is 0.0452. The molecule has 6 heteroatoms. The summed E-state index contributed by atoms with van der Waals surface area (Å²) < 4.78 is 10.6. The summed E-state index contributed by atoms with van der Waals surface area (Å²) in [4.78, 5) is 26.0. The highest BCUT2D eigenvalue weighted by Crippen LogP contribution is 2.31. The highest BCUT2D eigenvalue weighted by molar-refractivity contribution is 5.98. The fourth-order valence-corrected chi connectivity index (χ4v) is 2.77. The first-order valence-corrected chi connectivity index (χ1v) is 9.02. The number of benzene rings is 2. The van der Waals surface area contributed by atoms with Gasteiger partial charge in [0.25, 0.3) is 0 Å². The number of rotatable bonds is 8. The van der Waals surface area contributed by atoms with Crippen LogP contribution in [0.15, 0.2) is 48.5 Å². The van der Waals surface area contributed by atoms with E-state index in [1.54, 1.807) is 33.4 Å². The monoisotopic (exact) mass is 382 g/mol. The van der Waals surface area contributed by atoms with Crippen LogP contribution in [0.2, 0.25) is 0 Å². The molecule has 1 N–H and O–H groups in total. The van der Waals surface area contributed by atoms with Crippen molar-refractivity contribution in [1.29, 1.82) is 0 Å². The lowest BCUT2D eigenvalue weighted by molar-refractivity contribution is -0.129. The maximum atomic E-state index is 12.4. The van der Waals surface area contributed by atoms with Gasteiger partial charge in [0.05, 0.1) is 20.8 Å². The summed E-state index contributed by atoms with van der Waals surface area (Å²) in [6, 6.07) is 13.0. The molecule has 2 rings (SSSR count). The molecule has 2 aromatic carbocycles. The first-order valence-electron chi connectivity index (χ1n) is 9.02. The molecule has 28 heavy (non-hydrogen) atoms. The molecule has 0 unspecified atom stereocenters. The van der Waals surface area contributed by atoms with Gasteiger partial charge in [-0.1, -0.05) is 37.3 Å². The van der Waals surface area contributed by atoms with E-state index < -0.39 is 0 Å². The smallest absolute Gasteiger partial charge is 0.246 e. The zero-order valence-corrected chi connectivity index (χ0v) is 16.7. The number of methoxy groups -OCH3 is 2. The molecule has 0 radical (unpaired) electrons. The number of hydrogen-bond donors (Lipinski definition) is 1. The zero-order valence-electron chi connectivity index (χ0n) is 16.7. The molecule has 0 atom stereocenters. The third-order valence-electron chi connectivity index (χ3n) is 4.27. The van der Waals surface area contributed by atoms with Gasteiger partial charge in [-0.05, 0) is 30.2 Å². The van der Waals surface area contributed by atoms with E-state index in [1.165, 1.54) is 11.0 Å². The summed E-state index contributed by atoms with van der Waals surface area (Å²) in [6.07, 6.45) is 3.87. The summed E-state index contributed by atoms with van der Waals surface area (Å²) in [5.41, 5.74) is 2.53. The Hall–Kier alpha value is -3.28. The normalized spacial score (nSPS) is 10.6. The van der Waals surface area contributed by atoms with Crippen LogP contribution in [0.5, 0.6) is 11.5 Å². The number of para-hydroxylation sites is 2. The van der Waals surface area contributed by atoms with Crippen molar-refractivity contribution in [3.8, 4) is 11.5 Å². The first-order chi connectivity index (χ1) is 13.5. The Morgan fingerprint density at radius 2 is 1.82 bits per heavy atom. The number of ether oxygens (including phenoxy) is 2. The maximum absolute atomic E-state index is 12.4. The van der Waals surface area contributed by atoms with E-state index in [9.17, 15) is 9.59 Å². The molecule has 2 aromatic rings. The van der Waals surface area contributed by atoms with Crippen LogP contribution in [0.4, 0.5) is 5.69 Å². The summed E-state index contributed by atoms with van der Waals surface area (Å²) in [7, 11) is 4.68. The Kier molecular flexibility index (Phi) is 7.63. The highest BCUT2D eigenvalue weighted by Gasteiger charge is 2.13. The average molecular weight is 382 g/mol. The standard InChI is InChI=1S/C22H26N2O4/c1-5-16-9-6-7-11-18(16)23-20(25)15-24(2)21(26)14-13-17-10-8-12-19(27-3)22(17)28-4/h6-14H,5,15H2,1-4H3,(H,23,25)/b14-13+. The Morgan fingerprint density at radius 3 is 2.50 bits per heavy atom. The van der Waals surface area contributed by atoms with Crippen molar-refractivity contribution >= 4 is 23.6 Å². The van der Waals surface area contributed by atoms with Crippen molar-refractivity contribution in [2.45, 2.75) is 13.3 Å². The van der Waals surface area contributed by atoms with Crippen molar-refractivity contribution in [3.05, 3.63) is 59.7 Å². The second-order valence-corrected chi connectivity index (χ2v) is 6.17. The van der Waals surface area contributed by atoms with Gasteiger partial charge in [-0.25, -0.2) is 0 Å². The van der Waals surface area contributed by atoms with Gasteiger partial charge < -0.3 is 19.7 Å². The Morgan fingerprint density at radius 1 is 1.07 bits per heavy atom. The zero-order chi connectivity index (χ0) is 20.5. The number of hydrogen-bond acceptors (Lipinski definition) is 4. The van der Waals surface area contributed by atoms with Gasteiger partial charge in [-0.3, -0.25) is 9.59 Å². The lowest BCUT2D eigenvalue weighted by atomic mass is 10.1. The molecule has 0 heterocycles. The Labute approximate surface area is 165 Å². The SMILES string of the molecule is CCc1ccccc1NC(=O)CN(C)C(=O)/C=C/c1cccc(OC)c1OC. The van der Waals surface area contributed by atoms with E-state index in [4.69, 9.17) is 9.47 Å². The van der Waals surface area contributed by atoms with E-state index in [2.05, 4.69) is 5.32 Å². The largest absolute Gasteiger partial charge is 0.493 e. The van der Waals surface area contributed by atoms with Crippen LogP contribution in [0.1, 0.15) is 18.1 Å². The fourth-order valence-electron chi connectivity index (χ4n) is 2.77. The van der Waals surface area contributed by atoms with Crippen LogP contribution in [-0.2, 0) is 16.0 Å². The van der Waals surface area contributed by atoms with Crippen molar-refractivity contribution < 1.29 is 19.1 Å². The lowest BCUT2D eigenvalue weighted by Crippen LogP contribution is -2.34. The molecule has 0 aliphatic rings. The molecule has 0 fully saturated rings. The van der Waals surface area contributed by atoms with E-state index in [0.717, 1.165) is 17.7 Å². The van der Waals surface area contributed by atoms with Gasteiger partial charge in [0.15, 0.2) is 11.5 Å². The summed E-state index contributed by atoms with van der Waals surface area (Å²) >= 11 is 0. The van der Waals surface area contributed by atoms with Crippen molar-refractivity contribution in [2.24, 2.45) is 0 Å². The number of carbonyl (C=O) groups excluding carboxylic acids is 2.